The van der Waals surface area contributed by atoms with Crippen LogP contribution in [0, 0.1) is 0 Å². The first kappa shape index (κ1) is 46.1. The Balaban J connectivity index is 1.20. The average molecular weight is 903 g/mol. The van der Waals surface area contributed by atoms with E-state index >= 15 is 0 Å². The molecule has 0 bridgehead atoms. The van der Waals surface area contributed by atoms with Gasteiger partial charge in [-0.25, -0.2) is 0 Å². The minimum atomic E-state index is -0.323. The minimum Gasteiger partial charge on any atom is -0.310 e. The van der Waals surface area contributed by atoms with E-state index in [9.17, 15) is 0 Å². The van der Waals surface area contributed by atoms with Gasteiger partial charge in [-0.15, -0.1) is 0 Å². The standard InChI is InChI=1S/C67H70N2/c1-63(2,3)43-23-31-47(32-24-43)68(48-33-25-44(26-34-48)64(4,5)6)51-39-40-56-57(41-51)52-19-15-17-21-54(52)61-60-55-22-18-16-20-53(55)59(42-58(60)67(13,14)62(56)61)69(49-35-27-45(28-36-49)65(7,8)9)50-37-29-46(30-38-50)66(10,11)12/h15-42H,1-14H3. The van der Waals surface area contributed by atoms with E-state index in [2.05, 4.69) is 277 Å². The maximum atomic E-state index is 2.53. The van der Waals surface area contributed by atoms with E-state index in [1.54, 1.807) is 0 Å². The predicted octanol–water partition coefficient (Wildman–Crippen LogP) is 19.6. The van der Waals surface area contributed by atoms with Crippen molar-refractivity contribution in [3.63, 3.8) is 0 Å². The van der Waals surface area contributed by atoms with Crippen molar-refractivity contribution in [1.29, 1.82) is 0 Å². The zero-order valence-electron chi connectivity index (χ0n) is 43.6. The first-order chi connectivity index (χ1) is 32.5. The summed E-state index contributed by atoms with van der Waals surface area (Å²) in [5, 5.41) is 7.67. The lowest BCUT2D eigenvalue weighted by atomic mass is 9.78. The maximum Gasteiger partial charge on any atom is 0.0543 e. The Morgan fingerprint density at radius 2 is 0.652 bits per heavy atom. The largest absolute Gasteiger partial charge is 0.310 e. The zero-order valence-corrected chi connectivity index (χ0v) is 43.6. The number of nitrogens with zero attached hydrogens (tertiary/aromatic N) is 2. The molecule has 9 aromatic rings. The Morgan fingerprint density at radius 3 is 1.06 bits per heavy atom. The lowest BCUT2D eigenvalue weighted by molar-refractivity contribution is 0.590. The normalized spacial score (nSPS) is 13.8. The van der Waals surface area contributed by atoms with Crippen LogP contribution >= 0.6 is 0 Å². The van der Waals surface area contributed by atoms with Crippen LogP contribution in [-0.2, 0) is 27.1 Å². The summed E-state index contributed by atoms with van der Waals surface area (Å²) in [6.45, 7) is 32.4. The Morgan fingerprint density at radius 1 is 0.304 bits per heavy atom. The van der Waals surface area contributed by atoms with Gasteiger partial charge < -0.3 is 9.80 Å². The molecule has 0 radical (unpaired) electrons. The van der Waals surface area contributed by atoms with Crippen molar-refractivity contribution in [3.8, 4) is 11.1 Å². The monoisotopic (exact) mass is 903 g/mol. The van der Waals surface area contributed by atoms with Gasteiger partial charge in [0.1, 0.15) is 0 Å². The van der Waals surface area contributed by atoms with Gasteiger partial charge >= 0.3 is 0 Å². The summed E-state index contributed by atoms with van der Waals surface area (Å²) >= 11 is 0. The van der Waals surface area contributed by atoms with Gasteiger partial charge in [0.15, 0.2) is 0 Å². The molecule has 0 aromatic heterocycles. The van der Waals surface area contributed by atoms with Crippen LogP contribution in [0.3, 0.4) is 0 Å². The second-order valence-corrected chi connectivity index (χ2v) is 24.4. The molecular formula is C67H70N2. The SMILES string of the molecule is CC(C)(C)c1ccc(N(c2ccc(C(C)(C)C)cc2)c2ccc3c4c(c5ccccc5c3c2)-c2c(cc(N(c3ccc(C(C)(C)C)cc3)c3ccc(C(C)(C)C)cc3)c3ccccc23)C4(C)C)cc1. The number of benzene rings is 9. The Labute approximate surface area is 412 Å². The number of hydrogen-bond acceptors (Lipinski definition) is 2. The summed E-state index contributed by atoms with van der Waals surface area (Å²) < 4.78 is 0. The van der Waals surface area contributed by atoms with E-state index in [0.29, 0.717) is 0 Å². The van der Waals surface area contributed by atoms with Gasteiger partial charge in [0.05, 0.1) is 5.69 Å². The van der Waals surface area contributed by atoms with Gasteiger partial charge in [-0.3, -0.25) is 0 Å². The molecule has 9 aromatic carbocycles. The highest BCUT2D eigenvalue weighted by atomic mass is 15.1. The molecule has 0 spiro atoms. The molecule has 348 valence electrons. The average Bonchev–Trinajstić information content (AvgIpc) is 3.55. The van der Waals surface area contributed by atoms with Gasteiger partial charge in [-0.1, -0.05) is 200 Å². The molecule has 0 saturated carbocycles. The summed E-state index contributed by atoms with van der Waals surface area (Å²) in [5.74, 6) is 0. The van der Waals surface area contributed by atoms with Crippen molar-refractivity contribution in [2.75, 3.05) is 9.80 Å². The lowest BCUT2D eigenvalue weighted by Crippen LogP contribution is -2.18. The summed E-state index contributed by atoms with van der Waals surface area (Å²) in [6.07, 6.45) is 0. The summed E-state index contributed by atoms with van der Waals surface area (Å²) in [4.78, 5) is 4.94. The first-order valence-electron chi connectivity index (χ1n) is 25.1. The van der Waals surface area contributed by atoms with Crippen LogP contribution < -0.4 is 9.80 Å². The highest BCUT2D eigenvalue weighted by Gasteiger charge is 2.41. The molecule has 0 amide bonds. The first-order valence-corrected chi connectivity index (χ1v) is 25.1. The smallest absolute Gasteiger partial charge is 0.0543 e. The Bertz CT molecular complexity index is 3280. The van der Waals surface area contributed by atoms with Crippen LogP contribution in [0.4, 0.5) is 34.1 Å². The van der Waals surface area contributed by atoms with E-state index in [1.165, 1.54) is 82.5 Å². The van der Waals surface area contributed by atoms with Gasteiger partial charge in [-0.2, -0.15) is 0 Å². The van der Waals surface area contributed by atoms with Crippen LogP contribution in [0.2, 0.25) is 0 Å². The van der Waals surface area contributed by atoms with Crippen molar-refractivity contribution in [2.24, 2.45) is 0 Å². The van der Waals surface area contributed by atoms with Crippen molar-refractivity contribution < 1.29 is 0 Å². The highest BCUT2D eigenvalue weighted by Crippen LogP contribution is 2.59. The van der Waals surface area contributed by atoms with Crippen LogP contribution in [0.1, 0.15) is 130 Å². The zero-order chi connectivity index (χ0) is 49.0. The van der Waals surface area contributed by atoms with Crippen LogP contribution in [0.5, 0.6) is 0 Å². The number of rotatable bonds is 6. The molecule has 2 nitrogen and oxygen atoms in total. The molecule has 10 rings (SSSR count). The molecule has 0 atom stereocenters. The van der Waals surface area contributed by atoms with Crippen molar-refractivity contribution in [1.82, 2.24) is 0 Å². The Hall–Kier alpha value is -6.64. The third-order valence-electron chi connectivity index (χ3n) is 15.0. The third kappa shape index (κ3) is 8.00. The molecule has 2 heteroatoms. The van der Waals surface area contributed by atoms with Crippen LogP contribution in [-0.4, -0.2) is 0 Å². The molecule has 0 N–H and O–H groups in total. The highest BCUT2D eigenvalue weighted by molar-refractivity contribution is 6.23. The lowest BCUT2D eigenvalue weighted by Gasteiger charge is -2.31. The van der Waals surface area contributed by atoms with E-state index in [0.717, 1.165) is 28.4 Å². The number of fused-ring (bicyclic) bond motifs is 10. The third-order valence-corrected chi connectivity index (χ3v) is 15.0. The molecule has 1 aliphatic carbocycles. The van der Waals surface area contributed by atoms with Crippen molar-refractivity contribution >= 4 is 66.4 Å². The maximum absolute atomic E-state index is 2.53. The minimum absolute atomic E-state index is 0.0494. The molecular weight excluding hydrogens is 833 g/mol. The molecule has 69 heavy (non-hydrogen) atoms. The Kier molecular flexibility index (Phi) is 10.8. The molecule has 0 unspecified atom stereocenters. The fourth-order valence-corrected chi connectivity index (χ4v) is 11.0. The second kappa shape index (κ2) is 16.2. The van der Waals surface area contributed by atoms with Gasteiger partial charge in [0.2, 0.25) is 0 Å². The van der Waals surface area contributed by atoms with Crippen molar-refractivity contribution in [2.45, 2.75) is 124 Å². The predicted molar refractivity (Wildman–Crippen MR) is 301 cm³/mol. The molecule has 0 saturated heterocycles. The molecule has 1 aliphatic rings. The summed E-state index contributed by atoms with van der Waals surface area (Å²) in [6, 6.07) is 65.0. The quantitative estimate of drug-likeness (QED) is 0.153. The number of anilines is 6. The molecule has 0 heterocycles. The second-order valence-electron chi connectivity index (χ2n) is 24.4. The van der Waals surface area contributed by atoms with Gasteiger partial charge in [0.25, 0.3) is 0 Å². The summed E-state index contributed by atoms with van der Waals surface area (Å²) in [5.41, 5.74) is 17.6. The van der Waals surface area contributed by atoms with Crippen LogP contribution in [0.25, 0.3) is 43.4 Å². The number of hydrogen-bond donors (Lipinski definition) is 0. The molecule has 0 aliphatic heterocycles. The van der Waals surface area contributed by atoms with E-state index in [-0.39, 0.29) is 27.1 Å². The fraction of sp³-hybridized carbons (Fsp3) is 0.284. The fourth-order valence-electron chi connectivity index (χ4n) is 11.0. The topological polar surface area (TPSA) is 6.48 Å². The van der Waals surface area contributed by atoms with E-state index in [4.69, 9.17) is 0 Å². The molecule has 0 fully saturated rings. The van der Waals surface area contributed by atoms with Crippen LogP contribution in [0.15, 0.2) is 170 Å². The van der Waals surface area contributed by atoms with E-state index in [1.807, 2.05) is 0 Å². The van der Waals surface area contributed by atoms with Crippen molar-refractivity contribution in [3.05, 3.63) is 203 Å². The van der Waals surface area contributed by atoms with Gasteiger partial charge in [0, 0.05) is 39.2 Å². The van der Waals surface area contributed by atoms with E-state index < -0.39 is 0 Å². The van der Waals surface area contributed by atoms with Gasteiger partial charge in [-0.05, 0) is 160 Å². The summed E-state index contributed by atoms with van der Waals surface area (Å²) in [7, 11) is 0.